The van der Waals surface area contributed by atoms with Crippen LogP contribution in [-0.2, 0) is 0 Å². The number of halogens is 2. The number of nitro benzene ring substituents is 1. The Kier molecular flexibility index (Phi) is 3.44. The van der Waals surface area contributed by atoms with Gasteiger partial charge in [-0.2, -0.15) is 5.10 Å². The predicted octanol–water partition coefficient (Wildman–Crippen LogP) is 2.90. The molecule has 0 bridgehead atoms. The van der Waals surface area contributed by atoms with Crippen LogP contribution in [0.3, 0.4) is 0 Å². The maximum Gasteiger partial charge on any atom is 0.279 e. The lowest BCUT2D eigenvalue weighted by Gasteiger charge is -2.02. The number of nitro groups is 1. The van der Waals surface area contributed by atoms with Crippen LogP contribution < -0.4 is 0 Å². The zero-order valence-corrected chi connectivity index (χ0v) is 11.1. The minimum absolute atomic E-state index is 0.0147. The van der Waals surface area contributed by atoms with E-state index >= 15 is 0 Å². The highest BCUT2D eigenvalue weighted by atomic mass is 79.9. The Morgan fingerprint density at radius 1 is 1.50 bits per heavy atom. The molecule has 2 rings (SSSR count). The Labute approximate surface area is 114 Å². The van der Waals surface area contributed by atoms with Crippen LogP contribution in [0.1, 0.15) is 10.4 Å². The second-order valence-electron chi connectivity index (χ2n) is 3.33. The summed E-state index contributed by atoms with van der Waals surface area (Å²) in [5.41, 5.74) is -0.0175. The quantitative estimate of drug-likeness (QED) is 0.626. The van der Waals surface area contributed by atoms with Gasteiger partial charge in [0.2, 0.25) is 0 Å². The van der Waals surface area contributed by atoms with E-state index in [4.69, 9.17) is 11.6 Å². The van der Waals surface area contributed by atoms with E-state index in [1.54, 1.807) is 0 Å². The monoisotopic (exact) mass is 329 g/mol. The minimum Gasteiger partial charge on any atom is -0.267 e. The third kappa shape index (κ3) is 2.41. The van der Waals surface area contributed by atoms with Crippen molar-refractivity contribution in [3.8, 4) is 0 Å². The van der Waals surface area contributed by atoms with E-state index in [9.17, 15) is 14.9 Å². The Hall–Kier alpha value is -1.73. The van der Waals surface area contributed by atoms with Crippen molar-refractivity contribution in [2.24, 2.45) is 0 Å². The van der Waals surface area contributed by atoms with Gasteiger partial charge >= 0.3 is 0 Å². The first-order valence-corrected chi connectivity index (χ1v) is 5.85. The van der Waals surface area contributed by atoms with Gasteiger partial charge in [0, 0.05) is 18.3 Å². The Bertz CT molecular complexity index is 641. The fourth-order valence-corrected chi connectivity index (χ4v) is 1.87. The van der Waals surface area contributed by atoms with Crippen LogP contribution in [0, 0.1) is 10.1 Å². The highest BCUT2D eigenvalue weighted by Gasteiger charge is 2.16. The molecular weight excluding hydrogens is 325 g/mol. The lowest BCUT2D eigenvalue weighted by Crippen LogP contribution is -2.13. The summed E-state index contributed by atoms with van der Waals surface area (Å²) in [5.74, 6) is -0.458. The van der Waals surface area contributed by atoms with Crippen LogP contribution in [0.4, 0.5) is 5.69 Å². The number of rotatable bonds is 2. The van der Waals surface area contributed by atoms with E-state index in [1.807, 2.05) is 0 Å². The van der Waals surface area contributed by atoms with Crippen LogP contribution >= 0.6 is 27.5 Å². The summed E-state index contributed by atoms with van der Waals surface area (Å²) in [6, 6.07) is 3.66. The van der Waals surface area contributed by atoms with Crippen LogP contribution in [0.2, 0.25) is 5.02 Å². The van der Waals surface area contributed by atoms with Crippen LogP contribution in [0.5, 0.6) is 0 Å². The molecule has 0 atom stereocenters. The SMILES string of the molecule is O=C(c1ccc([N+](=O)[O-])cc1Cl)n1cc(Br)cn1. The van der Waals surface area contributed by atoms with Crippen molar-refractivity contribution in [3.05, 3.63) is 55.8 Å². The lowest BCUT2D eigenvalue weighted by molar-refractivity contribution is -0.384. The molecule has 0 spiro atoms. The third-order valence-corrected chi connectivity index (χ3v) is 2.88. The second kappa shape index (κ2) is 4.87. The molecule has 0 N–H and O–H groups in total. The first-order valence-electron chi connectivity index (χ1n) is 4.68. The molecule has 0 fully saturated rings. The first kappa shape index (κ1) is 12.7. The molecule has 0 aliphatic carbocycles. The molecule has 0 saturated heterocycles. The zero-order valence-electron chi connectivity index (χ0n) is 8.71. The predicted molar refractivity (Wildman–Crippen MR) is 67.8 cm³/mol. The summed E-state index contributed by atoms with van der Waals surface area (Å²) in [6.07, 6.45) is 2.93. The van der Waals surface area contributed by atoms with Gasteiger partial charge in [-0.3, -0.25) is 14.9 Å². The average molecular weight is 331 g/mol. The molecule has 0 saturated carbocycles. The Morgan fingerprint density at radius 3 is 2.72 bits per heavy atom. The minimum atomic E-state index is -0.579. The lowest BCUT2D eigenvalue weighted by atomic mass is 10.2. The molecule has 1 heterocycles. The number of carbonyl (C=O) groups excluding carboxylic acids is 1. The van der Waals surface area contributed by atoms with Gasteiger partial charge in [0.25, 0.3) is 11.6 Å². The zero-order chi connectivity index (χ0) is 13.3. The smallest absolute Gasteiger partial charge is 0.267 e. The van der Waals surface area contributed by atoms with Gasteiger partial charge in [-0.25, -0.2) is 4.68 Å². The molecule has 1 aromatic heterocycles. The van der Waals surface area contributed by atoms with Crippen molar-refractivity contribution in [2.45, 2.75) is 0 Å². The number of nitrogens with zero attached hydrogens (tertiary/aromatic N) is 3. The summed E-state index contributed by atoms with van der Waals surface area (Å²) in [5, 5.41) is 14.4. The molecule has 0 unspecified atom stereocenters. The second-order valence-corrected chi connectivity index (χ2v) is 4.65. The maximum absolute atomic E-state index is 12.0. The van der Waals surface area contributed by atoms with Gasteiger partial charge in [0.15, 0.2) is 0 Å². The molecule has 18 heavy (non-hydrogen) atoms. The molecular formula is C10H5BrClN3O3. The maximum atomic E-state index is 12.0. The van der Waals surface area contributed by atoms with E-state index in [0.717, 1.165) is 10.7 Å². The Morgan fingerprint density at radius 2 is 2.22 bits per heavy atom. The number of non-ortho nitro benzene ring substituents is 1. The van der Waals surface area contributed by atoms with E-state index in [0.29, 0.717) is 4.47 Å². The van der Waals surface area contributed by atoms with Gasteiger partial charge in [-0.1, -0.05) is 11.6 Å². The number of benzene rings is 1. The molecule has 92 valence electrons. The third-order valence-electron chi connectivity index (χ3n) is 2.15. The van der Waals surface area contributed by atoms with Gasteiger partial charge in [0.1, 0.15) is 0 Å². The molecule has 0 radical (unpaired) electrons. The van der Waals surface area contributed by atoms with E-state index in [2.05, 4.69) is 21.0 Å². The van der Waals surface area contributed by atoms with E-state index < -0.39 is 10.8 Å². The van der Waals surface area contributed by atoms with Gasteiger partial charge in [0.05, 0.1) is 26.2 Å². The Balaban J connectivity index is 2.40. The molecule has 0 aliphatic heterocycles. The first-order chi connectivity index (χ1) is 8.49. The largest absolute Gasteiger partial charge is 0.279 e. The topological polar surface area (TPSA) is 78.0 Å². The average Bonchev–Trinajstić information content (AvgIpc) is 2.74. The van der Waals surface area contributed by atoms with Crippen LogP contribution in [0.25, 0.3) is 0 Å². The normalized spacial score (nSPS) is 10.3. The summed E-state index contributed by atoms with van der Waals surface area (Å²) in [7, 11) is 0. The molecule has 0 amide bonds. The molecule has 0 aliphatic rings. The van der Waals surface area contributed by atoms with Crippen molar-refractivity contribution in [1.29, 1.82) is 0 Å². The summed E-state index contributed by atoms with van der Waals surface area (Å²) >= 11 is 9.01. The molecule has 6 nitrogen and oxygen atoms in total. The van der Waals surface area contributed by atoms with E-state index in [-0.39, 0.29) is 16.3 Å². The number of aromatic nitrogens is 2. The van der Waals surface area contributed by atoms with Crippen molar-refractivity contribution < 1.29 is 9.72 Å². The van der Waals surface area contributed by atoms with Gasteiger partial charge in [-0.15, -0.1) is 0 Å². The van der Waals surface area contributed by atoms with Gasteiger partial charge < -0.3 is 0 Å². The molecule has 1 aromatic carbocycles. The highest BCUT2D eigenvalue weighted by Crippen LogP contribution is 2.23. The van der Waals surface area contributed by atoms with E-state index in [1.165, 1.54) is 24.5 Å². The fourth-order valence-electron chi connectivity index (χ4n) is 1.33. The summed E-state index contributed by atoms with van der Waals surface area (Å²) < 4.78 is 1.74. The molecule has 2 aromatic rings. The number of hydrogen-bond donors (Lipinski definition) is 0. The highest BCUT2D eigenvalue weighted by molar-refractivity contribution is 9.10. The standard InChI is InChI=1S/C10H5BrClN3O3/c11-6-4-13-14(5-6)10(16)8-2-1-7(15(17)18)3-9(8)12/h1-5H. The van der Waals surface area contributed by atoms with Gasteiger partial charge in [-0.05, 0) is 22.0 Å². The van der Waals surface area contributed by atoms with Crippen molar-refractivity contribution in [1.82, 2.24) is 9.78 Å². The fraction of sp³-hybridized carbons (Fsp3) is 0. The summed E-state index contributed by atoms with van der Waals surface area (Å²) in [6.45, 7) is 0. The number of carbonyl (C=O) groups is 1. The number of hydrogen-bond acceptors (Lipinski definition) is 4. The van der Waals surface area contributed by atoms with Crippen LogP contribution in [-0.4, -0.2) is 20.6 Å². The van der Waals surface area contributed by atoms with Crippen molar-refractivity contribution >= 4 is 39.1 Å². The summed E-state index contributed by atoms with van der Waals surface area (Å²) in [4.78, 5) is 22.0. The van der Waals surface area contributed by atoms with Crippen LogP contribution in [0.15, 0.2) is 35.1 Å². The molecule has 8 heteroatoms. The van der Waals surface area contributed by atoms with Crippen molar-refractivity contribution in [2.75, 3.05) is 0 Å². The van der Waals surface area contributed by atoms with Crippen molar-refractivity contribution in [3.63, 3.8) is 0 Å².